The van der Waals surface area contributed by atoms with Gasteiger partial charge in [-0.3, -0.25) is 19.1 Å². The van der Waals surface area contributed by atoms with Crippen molar-refractivity contribution in [3.05, 3.63) is 58.5 Å². The average molecular weight is 375 g/mol. The first-order valence-corrected chi connectivity index (χ1v) is 9.91. The summed E-state index contributed by atoms with van der Waals surface area (Å²) in [5.74, 6) is 0.433. The smallest absolute Gasteiger partial charge is 0.283 e. The Kier molecular flexibility index (Phi) is 2.95. The Hall–Kier alpha value is -2.89. The molecule has 1 aromatic carbocycles. The molecule has 3 fully saturated rings. The van der Waals surface area contributed by atoms with Crippen LogP contribution in [0.5, 0.6) is 0 Å². The molecule has 0 unspecified atom stereocenters. The van der Waals surface area contributed by atoms with Crippen LogP contribution in [0.25, 0.3) is 5.69 Å². The van der Waals surface area contributed by atoms with Gasteiger partial charge in [0, 0.05) is 7.05 Å². The highest BCUT2D eigenvalue weighted by molar-refractivity contribution is 6.22. The van der Waals surface area contributed by atoms with Gasteiger partial charge in [0.15, 0.2) is 0 Å². The molecule has 0 N–H and O–H groups in total. The van der Waals surface area contributed by atoms with Crippen molar-refractivity contribution in [2.45, 2.75) is 13.3 Å². The van der Waals surface area contributed by atoms with Gasteiger partial charge in [-0.05, 0) is 49.1 Å². The highest BCUT2D eigenvalue weighted by Gasteiger charge is 2.67. The first-order chi connectivity index (χ1) is 13.5. The fraction of sp³-hybridized carbons (Fsp3) is 0.409. The number of rotatable bonds is 2. The highest BCUT2D eigenvalue weighted by Crippen LogP contribution is 2.65. The minimum Gasteiger partial charge on any atom is -0.283 e. The van der Waals surface area contributed by atoms with Crippen LogP contribution < -0.4 is 10.5 Å². The van der Waals surface area contributed by atoms with Crippen molar-refractivity contribution < 1.29 is 9.59 Å². The molecule has 1 aromatic heterocycles. The lowest BCUT2D eigenvalue weighted by Crippen LogP contribution is -2.40. The van der Waals surface area contributed by atoms with E-state index in [1.807, 2.05) is 30.3 Å². The predicted octanol–water partition coefficient (Wildman–Crippen LogP) is 2.04. The second-order valence-electron chi connectivity index (χ2n) is 8.58. The molecule has 2 saturated carbocycles. The molecule has 0 radical (unpaired) electrons. The third-order valence-electron chi connectivity index (χ3n) is 7.41. The molecule has 142 valence electrons. The largest absolute Gasteiger partial charge is 0.296 e. The molecule has 0 spiro atoms. The first-order valence-electron chi connectivity index (χ1n) is 9.91. The Morgan fingerprint density at radius 3 is 2.04 bits per heavy atom. The molecular weight excluding hydrogens is 354 g/mol. The Morgan fingerprint density at radius 2 is 1.46 bits per heavy atom. The summed E-state index contributed by atoms with van der Waals surface area (Å²) < 4.78 is 3.25. The summed E-state index contributed by atoms with van der Waals surface area (Å²) in [6.45, 7) is 1.79. The van der Waals surface area contributed by atoms with Gasteiger partial charge in [-0.1, -0.05) is 30.4 Å². The Morgan fingerprint density at radius 1 is 0.893 bits per heavy atom. The van der Waals surface area contributed by atoms with E-state index in [1.54, 1.807) is 18.7 Å². The number of hydrogen-bond acceptors (Lipinski definition) is 3. The van der Waals surface area contributed by atoms with Crippen LogP contribution in [0.1, 0.15) is 12.1 Å². The lowest BCUT2D eigenvalue weighted by atomic mass is 9.63. The molecule has 6 heteroatoms. The fourth-order valence-corrected chi connectivity index (χ4v) is 5.99. The molecule has 2 amide bonds. The zero-order valence-electron chi connectivity index (χ0n) is 15.8. The second kappa shape index (κ2) is 5.13. The van der Waals surface area contributed by atoms with Crippen LogP contribution in [0, 0.1) is 42.4 Å². The lowest BCUT2D eigenvalue weighted by Gasteiger charge is -2.37. The summed E-state index contributed by atoms with van der Waals surface area (Å²) in [4.78, 5) is 41.3. The zero-order chi connectivity index (χ0) is 19.3. The number of nitrogens with zero attached hydrogens (tertiary/aromatic N) is 3. The van der Waals surface area contributed by atoms with Gasteiger partial charge in [0.2, 0.25) is 11.8 Å². The second-order valence-corrected chi connectivity index (χ2v) is 8.58. The highest BCUT2D eigenvalue weighted by atomic mass is 16.2. The van der Waals surface area contributed by atoms with Gasteiger partial charge >= 0.3 is 0 Å². The van der Waals surface area contributed by atoms with Crippen molar-refractivity contribution >= 4 is 17.5 Å². The molecule has 1 aliphatic heterocycles. The minimum atomic E-state index is -0.322. The minimum absolute atomic E-state index is 0.154. The van der Waals surface area contributed by atoms with Crippen LogP contribution in [0.3, 0.4) is 0 Å². The Balaban J connectivity index is 1.49. The Bertz CT molecular complexity index is 1090. The number of allylic oxidation sites excluding steroid dienone is 2. The SMILES string of the molecule is Cc1c(N2C(=O)[C@@H]3[C@H]4C=C[C@@H]([C@@H]5C[C@@H]45)[C@H]3C2=O)c(=O)n(-c2ccccc2)n1C. The van der Waals surface area contributed by atoms with Crippen molar-refractivity contribution in [2.75, 3.05) is 4.90 Å². The summed E-state index contributed by atoms with van der Waals surface area (Å²) in [7, 11) is 1.78. The van der Waals surface area contributed by atoms with Gasteiger partial charge in [0.25, 0.3) is 5.56 Å². The number of carbonyl (C=O) groups is 2. The van der Waals surface area contributed by atoms with Gasteiger partial charge < -0.3 is 0 Å². The summed E-state index contributed by atoms with van der Waals surface area (Å²) in [5, 5.41) is 0. The summed E-state index contributed by atoms with van der Waals surface area (Å²) in [6, 6.07) is 9.29. The average Bonchev–Trinajstić information content (AvgIpc) is 3.45. The molecule has 2 heterocycles. The van der Waals surface area contributed by atoms with E-state index in [9.17, 15) is 14.4 Å². The van der Waals surface area contributed by atoms with Crippen LogP contribution in [0.15, 0.2) is 47.3 Å². The van der Waals surface area contributed by atoms with Gasteiger partial charge in [-0.2, -0.15) is 0 Å². The molecule has 4 aliphatic carbocycles. The van der Waals surface area contributed by atoms with E-state index in [1.165, 1.54) is 9.58 Å². The number of carbonyl (C=O) groups excluding carboxylic acids is 2. The maximum absolute atomic E-state index is 13.4. The van der Waals surface area contributed by atoms with Crippen molar-refractivity contribution in [3.63, 3.8) is 0 Å². The predicted molar refractivity (Wildman–Crippen MR) is 103 cm³/mol. The van der Waals surface area contributed by atoms with E-state index in [-0.39, 0.29) is 46.7 Å². The zero-order valence-corrected chi connectivity index (χ0v) is 15.8. The molecule has 2 bridgehead atoms. The maximum Gasteiger partial charge on any atom is 0.296 e. The van der Waals surface area contributed by atoms with Gasteiger partial charge in [-0.25, -0.2) is 9.58 Å². The van der Waals surface area contributed by atoms with Crippen molar-refractivity contribution in [1.29, 1.82) is 0 Å². The third kappa shape index (κ3) is 1.76. The monoisotopic (exact) mass is 375 g/mol. The number of anilines is 1. The van der Waals surface area contributed by atoms with E-state index in [4.69, 9.17) is 0 Å². The van der Waals surface area contributed by atoms with Gasteiger partial charge in [0.1, 0.15) is 5.69 Å². The first kappa shape index (κ1) is 16.1. The molecule has 1 saturated heterocycles. The lowest BCUT2D eigenvalue weighted by molar-refractivity contribution is -0.124. The molecular formula is C22H21N3O3. The fourth-order valence-electron chi connectivity index (χ4n) is 5.99. The van der Waals surface area contributed by atoms with Crippen LogP contribution in [0.2, 0.25) is 0 Å². The summed E-state index contributed by atoms with van der Waals surface area (Å²) in [6.07, 6.45) is 5.42. The van der Waals surface area contributed by atoms with Crippen LogP contribution in [-0.4, -0.2) is 21.2 Å². The third-order valence-corrected chi connectivity index (χ3v) is 7.41. The molecule has 28 heavy (non-hydrogen) atoms. The molecule has 2 aromatic rings. The van der Waals surface area contributed by atoms with Crippen molar-refractivity contribution in [1.82, 2.24) is 9.36 Å². The number of benzene rings is 1. The van der Waals surface area contributed by atoms with E-state index in [0.29, 0.717) is 23.2 Å². The van der Waals surface area contributed by atoms with Crippen LogP contribution in [-0.2, 0) is 16.6 Å². The van der Waals surface area contributed by atoms with E-state index >= 15 is 0 Å². The van der Waals surface area contributed by atoms with Crippen molar-refractivity contribution in [3.8, 4) is 5.69 Å². The summed E-state index contributed by atoms with van der Waals surface area (Å²) >= 11 is 0. The number of imide groups is 1. The number of aromatic nitrogens is 2. The van der Waals surface area contributed by atoms with E-state index < -0.39 is 0 Å². The molecule has 5 aliphatic rings. The van der Waals surface area contributed by atoms with Crippen molar-refractivity contribution in [2.24, 2.45) is 42.6 Å². The van der Waals surface area contributed by atoms with Gasteiger partial charge in [0.05, 0.1) is 23.2 Å². The molecule has 6 nitrogen and oxygen atoms in total. The van der Waals surface area contributed by atoms with Crippen LogP contribution >= 0.6 is 0 Å². The topological polar surface area (TPSA) is 64.3 Å². The molecule has 7 rings (SSSR count). The summed E-state index contributed by atoms with van der Waals surface area (Å²) in [5.41, 5.74) is 1.23. The number of amides is 2. The van der Waals surface area contributed by atoms with E-state index in [2.05, 4.69) is 12.2 Å². The maximum atomic E-state index is 13.4. The van der Waals surface area contributed by atoms with Gasteiger partial charge in [-0.15, -0.1) is 0 Å². The number of hydrogen-bond donors (Lipinski definition) is 0. The standard InChI is InChI=1S/C22H21N3O3/c1-11-19(22(28)25(23(11)2)12-6-4-3-5-7-12)24-20(26)17-13-8-9-14(16-10-15(13)16)18(17)21(24)27/h3-9,13-18H,10H2,1-2H3/t13-,14-,15-,16-,17+,18+/m0/s1. The molecule has 6 atom stereocenters. The quantitative estimate of drug-likeness (QED) is 0.596. The van der Waals surface area contributed by atoms with E-state index in [0.717, 1.165) is 6.42 Å². The Labute approximate surface area is 162 Å². The number of para-hydroxylation sites is 1. The van der Waals surface area contributed by atoms with Crippen LogP contribution in [0.4, 0.5) is 5.69 Å². The normalized spacial score (nSPS) is 34.7.